The van der Waals surface area contributed by atoms with Gasteiger partial charge in [-0.1, -0.05) is 51.1 Å². The Morgan fingerprint density at radius 3 is 2.63 bits per heavy atom. The van der Waals surface area contributed by atoms with Gasteiger partial charge >= 0.3 is 0 Å². The number of rotatable bonds is 6. The number of benzene rings is 1. The molecule has 1 aromatic heterocycles. The summed E-state index contributed by atoms with van der Waals surface area (Å²) in [4.78, 5) is 30.6. The van der Waals surface area contributed by atoms with Gasteiger partial charge in [-0.05, 0) is 34.9 Å². The van der Waals surface area contributed by atoms with Crippen molar-refractivity contribution >= 4 is 23.2 Å². The molecule has 0 fully saturated rings. The number of carbonyl (C=O) groups excluding carboxylic acids is 2. The number of nitrogens with zero attached hydrogens (tertiary/aromatic N) is 2. The van der Waals surface area contributed by atoms with Gasteiger partial charge in [0.25, 0.3) is 0 Å². The minimum absolute atomic E-state index is 0.0307. The number of carbonyl (C=O) groups is 2. The van der Waals surface area contributed by atoms with E-state index in [4.69, 9.17) is 0 Å². The summed E-state index contributed by atoms with van der Waals surface area (Å²) >= 11 is 1.77. The highest BCUT2D eigenvalue weighted by Gasteiger charge is 2.33. The topological polar surface area (TPSA) is 40.6 Å². The van der Waals surface area contributed by atoms with Crippen molar-refractivity contribution in [2.24, 2.45) is 5.92 Å². The molecule has 3 rings (SSSR count). The van der Waals surface area contributed by atoms with Gasteiger partial charge in [0.2, 0.25) is 11.8 Å². The average molecular weight is 385 g/mol. The molecule has 0 bridgehead atoms. The minimum Gasteiger partial charge on any atom is -0.333 e. The van der Waals surface area contributed by atoms with Crippen molar-refractivity contribution in [3.8, 4) is 0 Å². The van der Waals surface area contributed by atoms with E-state index in [9.17, 15) is 9.59 Å². The van der Waals surface area contributed by atoms with E-state index >= 15 is 0 Å². The first-order valence-corrected chi connectivity index (χ1v) is 10.6. The quantitative estimate of drug-likeness (QED) is 0.752. The number of amides is 2. The molecule has 5 heteroatoms. The maximum Gasteiger partial charge on any atom is 0.242 e. The van der Waals surface area contributed by atoms with Crippen molar-refractivity contribution in [1.29, 1.82) is 0 Å². The van der Waals surface area contributed by atoms with Crippen LogP contribution < -0.4 is 0 Å². The van der Waals surface area contributed by atoms with Crippen LogP contribution in [0, 0.1) is 5.92 Å². The van der Waals surface area contributed by atoms with Crippen molar-refractivity contribution in [1.82, 2.24) is 9.80 Å². The largest absolute Gasteiger partial charge is 0.333 e. The lowest BCUT2D eigenvalue weighted by Crippen LogP contribution is -2.47. The SMILES string of the molecule is CCC(=O)N(CC(=O)N1CCc2sccc2[C@H]1c1ccccc1)CC(C)C. The highest BCUT2D eigenvalue weighted by molar-refractivity contribution is 7.10. The van der Waals surface area contributed by atoms with Crippen LogP contribution in [0.3, 0.4) is 0 Å². The molecule has 0 saturated heterocycles. The summed E-state index contributed by atoms with van der Waals surface area (Å²) in [5.41, 5.74) is 2.35. The third-order valence-electron chi connectivity index (χ3n) is 4.97. The second kappa shape index (κ2) is 8.70. The molecule has 2 aromatic rings. The van der Waals surface area contributed by atoms with Crippen molar-refractivity contribution < 1.29 is 9.59 Å². The van der Waals surface area contributed by atoms with Crippen molar-refractivity contribution in [2.45, 2.75) is 39.7 Å². The lowest BCUT2D eigenvalue weighted by atomic mass is 9.93. The zero-order chi connectivity index (χ0) is 19.4. The van der Waals surface area contributed by atoms with Gasteiger partial charge in [-0.3, -0.25) is 9.59 Å². The number of hydrogen-bond acceptors (Lipinski definition) is 3. The Kier molecular flexibility index (Phi) is 6.32. The summed E-state index contributed by atoms with van der Waals surface area (Å²) in [7, 11) is 0. The average Bonchev–Trinajstić information content (AvgIpc) is 3.15. The molecule has 0 N–H and O–H groups in total. The zero-order valence-electron chi connectivity index (χ0n) is 16.4. The van der Waals surface area contributed by atoms with Gasteiger partial charge in [-0.15, -0.1) is 11.3 Å². The molecule has 0 aliphatic carbocycles. The fraction of sp³-hybridized carbons (Fsp3) is 0.455. The maximum atomic E-state index is 13.3. The van der Waals surface area contributed by atoms with Crippen LogP contribution in [0.1, 0.15) is 49.2 Å². The predicted octanol–water partition coefficient (Wildman–Crippen LogP) is 4.12. The molecule has 0 radical (unpaired) electrons. The zero-order valence-corrected chi connectivity index (χ0v) is 17.2. The van der Waals surface area contributed by atoms with Gasteiger partial charge in [0.05, 0.1) is 12.6 Å². The summed E-state index contributed by atoms with van der Waals surface area (Å²) in [6.45, 7) is 7.48. The third-order valence-corrected chi connectivity index (χ3v) is 5.96. The Hall–Kier alpha value is -2.14. The highest BCUT2D eigenvalue weighted by Crippen LogP contribution is 2.37. The summed E-state index contributed by atoms with van der Waals surface area (Å²) in [6, 6.07) is 12.3. The Bertz CT molecular complexity index is 785. The molecular formula is C22H28N2O2S. The fourth-order valence-corrected chi connectivity index (χ4v) is 4.66. The summed E-state index contributed by atoms with van der Waals surface area (Å²) in [6.07, 6.45) is 1.31. The standard InChI is InChI=1S/C22H28N2O2S/c1-4-20(25)23(14-16(2)3)15-21(26)24-12-10-19-18(11-13-27-19)22(24)17-8-6-5-7-9-17/h5-9,11,13,16,22H,4,10,12,14-15H2,1-3H3/t22-/m1/s1. The van der Waals surface area contributed by atoms with Crippen molar-refractivity contribution in [3.63, 3.8) is 0 Å². The maximum absolute atomic E-state index is 13.3. The van der Waals surface area contributed by atoms with Gasteiger partial charge in [0, 0.05) is 24.4 Å². The molecule has 2 heterocycles. The lowest BCUT2D eigenvalue weighted by Gasteiger charge is -2.37. The Balaban J connectivity index is 1.87. The van der Waals surface area contributed by atoms with Gasteiger partial charge in [0.15, 0.2) is 0 Å². The molecule has 27 heavy (non-hydrogen) atoms. The normalized spacial score (nSPS) is 16.3. The van der Waals surface area contributed by atoms with Crippen LogP contribution in [-0.4, -0.2) is 41.2 Å². The van der Waals surface area contributed by atoms with Crippen molar-refractivity contribution in [2.75, 3.05) is 19.6 Å². The van der Waals surface area contributed by atoms with Crippen LogP contribution in [0.5, 0.6) is 0 Å². The molecule has 144 valence electrons. The molecule has 1 aliphatic heterocycles. The fourth-order valence-electron chi connectivity index (χ4n) is 3.75. The van der Waals surface area contributed by atoms with E-state index in [-0.39, 0.29) is 24.4 Å². The first-order chi connectivity index (χ1) is 13.0. The molecule has 2 amide bonds. The first kappa shape index (κ1) is 19.6. The number of hydrogen-bond donors (Lipinski definition) is 0. The van der Waals surface area contributed by atoms with Crippen LogP contribution >= 0.6 is 11.3 Å². The second-order valence-corrected chi connectivity index (χ2v) is 8.47. The highest BCUT2D eigenvalue weighted by atomic mass is 32.1. The number of thiophene rings is 1. The van der Waals surface area contributed by atoms with E-state index in [2.05, 4.69) is 37.4 Å². The summed E-state index contributed by atoms with van der Waals surface area (Å²) in [5, 5.41) is 2.11. The van der Waals surface area contributed by atoms with Gasteiger partial charge in [0.1, 0.15) is 0 Å². The van der Waals surface area contributed by atoms with E-state index in [1.165, 1.54) is 10.4 Å². The second-order valence-electron chi connectivity index (χ2n) is 7.47. The Morgan fingerprint density at radius 1 is 1.22 bits per heavy atom. The summed E-state index contributed by atoms with van der Waals surface area (Å²) < 4.78 is 0. The van der Waals surface area contributed by atoms with Crippen LogP contribution in [0.25, 0.3) is 0 Å². The lowest BCUT2D eigenvalue weighted by molar-refractivity contribution is -0.142. The van der Waals surface area contributed by atoms with Crippen molar-refractivity contribution in [3.05, 3.63) is 57.8 Å². The van der Waals surface area contributed by atoms with Gasteiger partial charge < -0.3 is 9.80 Å². The molecule has 0 spiro atoms. The van der Waals surface area contributed by atoms with E-state index in [0.717, 1.165) is 12.0 Å². The molecule has 0 saturated carbocycles. The molecule has 4 nitrogen and oxygen atoms in total. The van der Waals surface area contributed by atoms with Crippen LogP contribution in [-0.2, 0) is 16.0 Å². The molecule has 1 aliphatic rings. The van der Waals surface area contributed by atoms with E-state index in [1.807, 2.05) is 30.0 Å². The minimum atomic E-state index is -0.0636. The third kappa shape index (κ3) is 4.41. The molecule has 0 unspecified atom stereocenters. The molecular weight excluding hydrogens is 356 g/mol. The van der Waals surface area contributed by atoms with Crippen LogP contribution in [0.4, 0.5) is 0 Å². The number of fused-ring (bicyclic) bond motifs is 1. The van der Waals surface area contributed by atoms with Gasteiger partial charge in [-0.25, -0.2) is 0 Å². The Labute approximate surface area is 165 Å². The predicted molar refractivity (Wildman–Crippen MR) is 110 cm³/mol. The Morgan fingerprint density at radius 2 is 1.96 bits per heavy atom. The monoisotopic (exact) mass is 384 g/mol. The van der Waals surface area contributed by atoms with Crippen LogP contribution in [0.2, 0.25) is 0 Å². The smallest absolute Gasteiger partial charge is 0.242 e. The first-order valence-electron chi connectivity index (χ1n) is 9.69. The summed E-state index contributed by atoms with van der Waals surface area (Å²) in [5.74, 6) is 0.410. The molecule has 1 aromatic carbocycles. The van der Waals surface area contributed by atoms with E-state index in [1.54, 1.807) is 16.2 Å². The van der Waals surface area contributed by atoms with Gasteiger partial charge in [-0.2, -0.15) is 0 Å². The van der Waals surface area contributed by atoms with E-state index in [0.29, 0.717) is 25.4 Å². The molecule has 1 atom stereocenters. The van der Waals surface area contributed by atoms with E-state index < -0.39 is 0 Å². The van der Waals surface area contributed by atoms with Crippen LogP contribution in [0.15, 0.2) is 41.8 Å².